The van der Waals surface area contributed by atoms with Crippen LogP contribution < -0.4 is 5.32 Å². The van der Waals surface area contributed by atoms with E-state index in [0.29, 0.717) is 16.8 Å². The van der Waals surface area contributed by atoms with Crippen LogP contribution in [0.4, 0.5) is 5.69 Å². The SMILES string of the molecule is CC(=O)Nc1ccc(O)c(C2=CC(=O)OC2)c1. The minimum atomic E-state index is -0.427. The summed E-state index contributed by atoms with van der Waals surface area (Å²) in [6.07, 6.45) is 1.33. The standard InChI is InChI=1S/C12H11NO4/c1-7(14)13-9-2-3-11(15)10(5-9)8-4-12(16)17-6-8/h2-5,15H,6H2,1H3,(H,13,14). The van der Waals surface area contributed by atoms with Crippen molar-refractivity contribution in [3.8, 4) is 5.75 Å². The quantitative estimate of drug-likeness (QED) is 0.596. The molecule has 1 aliphatic rings. The first-order valence-electron chi connectivity index (χ1n) is 5.04. The molecule has 0 unspecified atom stereocenters. The van der Waals surface area contributed by atoms with Crippen LogP contribution in [0.15, 0.2) is 24.3 Å². The highest BCUT2D eigenvalue weighted by Gasteiger charge is 2.17. The zero-order valence-corrected chi connectivity index (χ0v) is 9.19. The number of nitrogens with one attached hydrogen (secondary N) is 1. The summed E-state index contributed by atoms with van der Waals surface area (Å²) >= 11 is 0. The molecular weight excluding hydrogens is 222 g/mol. The Bertz CT molecular complexity index is 519. The molecule has 1 amide bonds. The number of benzene rings is 1. The minimum Gasteiger partial charge on any atom is -0.507 e. The number of esters is 1. The van der Waals surface area contributed by atoms with E-state index in [9.17, 15) is 14.7 Å². The Morgan fingerprint density at radius 1 is 1.47 bits per heavy atom. The number of phenolic OH excluding ortho intramolecular Hbond substituents is 1. The second-order valence-corrected chi connectivity index (χ2v) is 3.69. The molecule has 1 heterocycles. The van der Waals surface area contributed by atoms with Crippen LogP contribution in [0.3, 0.4) is 0 Å². The Morgan fingerprint density at radius 3 is 2.82 bits per heavy atom. The van der Waals surface area contributed by atoms with Crippen molar-refractivity contribution in [1.82, 2.24) is 0 Å². The van der Waals surface area contributed by atoms with Gasteiger partial charge in [0.2, 0.25) is 5.91 Å². The molecule has 0 bridgehead atoms. The number of hydrogen-bond donors (Lipinski definition) is 2. The molecule has 0 aliphatic carbocycles. The summed E-state index contributed by atoms with van der Waals surface area (Å²) in [4.78, 5) is 21.9. The molecule has 0 radical (unpaired) electrons. The highest BCUT2D eigenvalue weighted by molar-refractivity contribution is 5.97. The molecule has 0 saturated heterocycles. The van der Waals surface area contributed by atoms with Crippen molar-refractivity contribution in [3.63, 3.8) is 0 Å². The van der Waals surface area contributed by atoms with E-state index in [4.69, 9.17) is 4.74 Å². The molecule has 0 fully saturated rings. The van der Waals surface area contributed by atoms with E-state index in [0.717, 1.165) is 0 Å². The molecule has 1 aromatic rings. The summed E-state index contributed by atoms with van der Waals surface area (Å²) in [5.74, 6) is -0.581. The van der Waals surface area contributed by atoms with Crippen LogP contribution in [0.5, 0.6) is 5.75 Å². The summed E-state index contributed by atoms with van der Waals surface area (Å²) in [5.41, 5.74) is 1.65. The number of cyclic esters (lactones) is 1. The Balaban J connectivity index is 2.36. The molecule has 2 N–H and O–H groups in total. The van der Waals surface area contributed by atoms with Crippen molar-refractivity contribution < 1.29 is 19.4 Å². The lowest BCUT2D eigenvalue weighted by molar-refractivity contribution is -0.134. The van der Waals surface area contributed by atoms with Gasteiger partial charge in [0.05, 0.1) is 0 Å². The predicted octanol–water partition coefficient (Wildman–Crippen LogP) is 1.29. The van der Waals surface area contributed by atoms with E-state index >= 15 is 0 Å². The lowest BCUT2D eigenvalue weighted by Gasteiger charge is -2.08. The van der Waals surface area contributed by atoms with Crippen LogP contribution in [0, 0.1) is 0 Å². The molecular formula is C12H11NO4. The zero-order valence-electron chi connectivity index (χ0n) is 9.19. The lowest BCUT2D eigenvalue weighted by atomic mass is 10.1. The highest BCUT2D eigenvalue weighted by atomic mass is 16.5. The number of amides is 1. The number of rotatable bonds is 2. The molecule has 5 nitrogen and oxygen atoms in total. The average Bonchev–Trinajstić information content (AvgIpc) is 2.67. The number of carbonyl (C=O) groups excluding carboxylic acids is 2. The molecule has 0 saturated carbocycles. The first-order chi connectivity index (χ1) is 8.06. The maximum atomic E-state index is 11.0. The van der Waals surface area contributed by atoms with Gasteiger partial charge < -0.3 is 15.2 Å². The van der Waals surface area contributed by atoms with Crippen molar-refractivity contribution in [3.05, 3.63) is 29.8 Å². The van der Waals surface area contributed by atoms with Gasteiger partial charge in [-0.15, -0.1) is 0 Å². The van der Waals surface area contributed by atoms with Gasteiger partial charge in [-0.3, -0.25) is 4.79 Å². The molecule has 2 rings (SSSR count). The largest absolute Gasteiger partial charge is 0.507 e. The van der Waals surface area contributed by atoms with E-state index in [1.165, 1.54) is 19.1 Å². The summed E-state index contributed by atoms with van der Waals surface area (Å²) in [6.45, 7) is 1.53. The van der Waals surface area contributed by atoms with Crippen LogP contribution in [-0.4, -0.2) is 23.6 Å². The van der Waals surface area contributed by atoms with Gasteiger partial charge >= 0.3 is 5.97 Å². The summed E-state index contributed by atoms with van der Waals surface area (Å²) < 4.78 is 4.77. The number of phenols is 1. The number of anilines is 1. The molecule has 88 valence electrons. The molecule has 0 atom stereocenters. The van der Waals surface area contributed by atoms with Crippen LogP contribution in [0.25, 0.3) is 5.57 Å². The number of ether oxygens (including phenoxy) is 1. The summed E-state index contributed by atoms with van der Waals surface area (Å²) in [5, 5.41) is 12.3. The zero-order chi connectivity index (χ0) is 12.4. The van der Waals surface area contributed by atoms with Gasteiger partial charge in [-0.25, -0.2) is 4.79 Å². The summed E-state index contributed by atoms with van der Waals surface area (Å²) in [6, 6.07) is 4.65. The normalized spacial score (nSPS) is 14.2. The fraction of sp³-hybridized carbons (Fsp3) is 0.167. The van der Waals surface area contributed by atoms with Crippen LogP contribution in [-0.2, 0) is 14.3 Å². The first kappa shape index (κ1) is 11.2. The average molecular weight is 233 g/mol. The minimum absolute atomic E-state index is 0.0450. The topological polar surface area (TPSA) is 75.6 Å². The molecule has 1 aromatic carbocycles. The van der Waals surface area contributed by atoms with Gasteiger partial charge in [-0.2, -0.15) is 0 Å². The Labute approximate surface area is 97.7 Å². The van der Waals surface area contributed by atoms with E-state index in [2.05, 4.69) is 5.32 Å². The molecule has 0 spiro atoms. The van der Waals surface area contributed by atoms with E-state index in [1.807, 2.05) is 0 Å². The number of hydrogen-bond acceptors (Lipinski definition) is 4. The Morgan fingerprint density at radius 2 is 2.24 bits per heavy atom. The Hall–Kier alpha value is -2.30. The van der Waals surface area contributed by atoms with E-state index in [1.54, 1.807) is 12.1 Å². The van der Waals surface area contributed by atoms with E-state index in [-0.39, 0.29) is 18.3 Å². The van der Waals surface area contributed by atoms with Gasteiger partial charge in [0.25, 0.3) is 0 Å². The smallest absolute Gasteiger partial charge is 0.331 e. The number of aromatic hydroxyl groups is 1. The van der Waals surface area contributed by atoms with Gasteiger partial charge in [-0.05, 0) is 18.2 Å². The first-order valence-corrected chi connectivity index (χ1v) is 5.04. The third-order valence-corrected chi connectivity index (χ3v) is 2.32. The van der Waals surface area contributed by atoms with Crippen LogP contribution in [0.2, 0.25) is 0 Å². The van der Waals surface area contributed by atoms with Gasteiger partial charge in [0.1, 0.15) is 12.4 Å². The second kappa shape index (κ2) is 4.29. The number of carbonyl (C=O) groups is 2. The van der Waals surface area contributed by atoms with Gasteiger partial charge in [0, 0.05) is 29.8 Å². The van der Waals surface area contributed by atoms with Crippen molar-refractivity contribution in [2.45, 2.75) is 6.92 Å². The third-order valence-electron chi connectivity index (χ3n) is 2.32. The summed E-state index contributed by atoms with van der Waals surface area (Å²) in [7, 11) is 0. The maximum absolute atomic E-state index is 11.0. The molecule has 5 heteroatoms. The molecule has 17 heavy (non-hydrogen) atoms. The molecule has 1 aliphatic heterocycles. The fourth-order valence-corrected chi connectivity index (χ4v) is 1.60. The van der Waals surface area contributed by atoms with Gasteiger partial charge in [0.15, 0.2) is 0 Å². The fourth-order valence-electron chi connectivity index (χ4n) is 1.60. The van der Waals surface area contributed by atoms with Crippen molar-refractivity contribution in [2.24, 2.45) is 0 Å². The van der Waals surface area contributed by atoms with Gasteiger partial charge in [-0.1, -0.05) is 0 Å². The molecule has 0 aromatic heterocycles. The Kier molecular flexibility index (Phi) is 2.82. The predicted molar refractivity (Wildman–Crippen MR) is 61.3 cm³/mol. The second-order valence-electron chi connectivity index (χ2n) is 3.69. The van der Waals surface area contributed by atoms with Crippen LogP contribution >= 0.6 is 0 Å². The lowest BCUT2D eigenvalue weighted by Crippen LogP contribution is -2.05. The van der Waals surface area contributed by atoms with Crippen molar-refractivity contribution in [1.29, 1.82) is 0 Å². The third kappa shape index (κ3) is 2.44. The monoisotopic (exact) mass is 233 g/mol. The highest BCUT2D eigenvalue weighted by Crippen LogP contribution is 2.30. The maximum Gasteiger partial charge on any atom is 0.331 e. The van der Waals surface area contributed by atoms with E-state index < -0.39 is 5.97 Å². The van der Waals surface area contributed by atoms with Crippen molar-refractivity contribution >= 4 is 23.1 Å². The van der Waals surface area contributed by atoms with Crippen molar-refractivity contribution in [2.75, 3.05) is 11.9 Å². The van der Waals surface area contributed by atoms with Crippen LogP contribution in [0.1, 0.15) is 12.5 Å².